The molecule has 1 aromatic heterocycles. The number of methoxy groups -OCH3 is 1. The maximum Gasteiger partial charge on any atom is 0.264 e. The van der Waals surface area contributed by atoms with E-state index in [1.165, 1.54) is 7.11 Å². The first-order valence-corrected chi connectivity index (χ1v) is 11.4. The highest BCUT2D eigenvalue weighted by molar-refractivity contribution is 7.93. The van der Waals surface area contributed by atoms with Gasteiger partial charge in [0.05, 0.1) is 18.3 Å². The monoisotopic (exact) mass is 426 g/mol. The topological polar surface area (TPSA) is 83.6 Å². The van der Waals surface area contributed by atoms with Gasteiger partial charge in [-0.3, -0.25) is 9.71 Å². The van der Waals surface area contributed by atoms with Crippen LogP contribution in [0, 0.1) is 0 Å². The number of nitrogens with one attached hydrogen (secondary N) is 2. The van der Waals surface area contributed by atoms with Crippen molar-refractivity contribution < 1.29 is 13.2 Å². The second-order valence-corrected chi connectivity index (χ2v) is 9.35. The van der Waals surface area contributed by atoms with Gasteiger partial charge in [-0.05, 0) is 44.2 Å². The average molecular weight is 427 g/mol. The first kappa shape index (κ1) is 20.4. The standard InChI is InChI=1S/C22H26N4O3S/c1-15-13-26(14-16(2)24-15)18-9-10-20(29-3)19(12-18)25-30(27,28)21-8-4-6-17-7-5-11-23-22(17)21/h4-12,15-16,24-25H,13-14H2,1-3H3/t15-,16+. The van der Waals surface area contributed by atoms with E-state index in [4.69, 9.17) is 4.74 Å². The minimum atomic E-state index is -3.86. The molecule has 8 heteroatoms. The number of sulfonamides is 1. The lowest BCUT2D eigenvalue weighted by Crippen LogP contribution is -2.54. The lowest BCUT2D eigenvalue weighted by molar-refractivity contribution is 0.406. The lowest BCUT2D eigenvalue weighted by atomic mass is 10.1. The summed E-state index contributed by atoms with van der Waals surface area (Å²) >= 11 is 0. The molecule has 2 atom stereocenters. The number of piperazine rings is 1. The van der Waals surface area contributed by atoms with Gasteiger partial charge in [-0.15, -0.1) is 0 Å². The van der Waals surface area contributed by atoms with Gasteiger partial charge >= 0.3 is 0 Å². The number of para-hydroxylation sites is 1. The first-order valence-electron chi connectivity index (χ1n) is 9.93. The van der Waals surface area contributed by atoms with Crippen LogP contribution in [0.5, 0.6) is 5.75 Å². The van der Waals surface area contributed by atoms with Gasteiger partial charge in [0.2, 0.25) is 0 Å². The molecule has 1 saturated heterocycles. The third-order valence-corrected chi connectivity index (χ3v) is 6.63. The molecule has 0 radical (unpaired) electrons. The normalized spacial score (nSPS) is 19.6. The van der Waals surface area contributed by atoms with E-state index in [9.17, 15) is 8.42 Å². The third-order valence-electron chi connectivity index (χ3n) is 5.24. The molecule has 1 fully saturated rings. The van der Waals surface area contributed by atoms with Crippen LogP contribution in [-0.2, 0) is 10.0 Å². The Morgan fingerprint density at radius 1 is 1.10 bits per heavy atom. The Kier molecular flexibility index (Phi) is 5.53. The second kappa shape index (κ2) is 8.12. The summed E-state index contributed by atoms with van der Waals surface area (Å²) in [4.78, 5) is 6.66. The number of hydrogen-bond acceptors (Lipinski definition) is 6. The minimum absolute atomic E-state index is 0.137. The van der Waals surface area contributed by atoms with Crippen molar-refractivity contribution in [3.05, 3.63) is 54.7 Å². The fourth-order valence-electron chi connectivity index (χ4n) is 4.00. The fourth-order valence-corrected chi connectivity index (χ4v) is 5.24. The smallest absolute Gasteiger partial charge is 0.264 e. The van der Waals surface area contributed by atoms with Gasteiger partial charge in [0.25, 0.3) is 10.0 Å². The van der Waals surface area contributed by atoms with Crippen molar-refractivity contribution in [2.24, 2.45) is 0 Å². The molecule has 4 rings (SSSR count). The van der Waals surface area contributed by atoms with Crippen LogP contribution in [0.3, 0.4) is 0 Å². The third kappa shape index (κ3) is 4.06. The van der Waals surface area contributed by atoms with Gasteiger partial charge < -0.3 is 15.0 Å². The highest BCUT2D eigenvalue weighted by Crippen LogP contribution is 2.33. The molecule has 0 amide bonds. The Morgan fingerprint density at radius 3 is 2.57 bits per heavy atom. The molecule has 0 unspecified atom stereocenters. The number of pyridine rings is 1. The van der Waals surface area contributed by atoms with Crippen molar-refractivity contribution in [3.8, 4) is 5.75 Å². The molecular weight excluding hydrogens is 400 g/mol. The van der Waals surface area contributed by atoms with E-state index in [0.717, 1.165) is 24.2 Å². The molecule has 2 aromatic carbocycles. The van der Waals surface area contributed by atoms with Gasteiger partial charge in [0.15, 0.2) is 0 Å². The molecule has 2 N–H and O–H groups in total. The Balaban J connectivity index is 1.71. The molecule has 0 spiro atoms. The molecule has 1 aliphatic heterocycles. The molecule has 3 aromatic rings. The fraction of sp³-hybridized carbons (Fsp3) is 0.318. The van der Waals surface area contributed by atoms with Crippen LogP contribution >= 0.6 is 0 Å². The zero-order valence-corrected chi connectivity index (χ0v) is 18.1. The van der Waals surface area contributed by atoms with Gasteiger partial charge in [-0.1, -0.05) is 18.2 Å². The number of hydrogen-bond donors (Lipinski definition) is 2. The summed E-state index contributed by atoms with van der Waals surface area (Å²) in [5.74, 6) is 0.465. The van der Waals surface area contributed by atoms with Crippen molar-refractivity contribution in [1.29, 1.82) is 0 Å². The van der Waals surface area contributed by atoms with Crippen LogP contribution in [0.2, 0.25) is 0 Å². The van der Waals surface area contributed by atoms with Crippen LogP contribution in [-0.4, -0.2) is 45.7 Å². The zero-order chi connectivity index (χ0) is 21.3. The maximum atomic E-state index is 13.2. The molecule has 2 heterocycles. The quantitative estimate of drug-likeness (QED) is 0.652. The van der Waals surface area contributed by atoms with Crippen LogP contribution < -0.4 is 19.7 Å². The van der Waals surface area contributed by atoms with Gasteiger partial charge in [-0.2, -0.15) is 0 Å². The highest BCUT2D eigenvalue weighted by Gasteiger charge is 2.24. The summed E-state index contributed by atoms with van der Waals surface area (Å²) in [6.07, 6.45) is 1.59. The highest BCUT2D eigenvalue weighted by atomic mass is 32.2. The number of nitrogens with zero attached hydrogens (tertiary/aromatic N) is 2. The Bertz CT molecular complexity index is 1150. The molecule has 30 heavy (non-hydrogen) atoms. The number of benzene rings is 2. The molecule has 0 aliphatic carbocycles. The maximum absolute atomic E-state index is 13.2. The van der Waals surface area contributed by atoms with Crippen LogP contribution in [0.15, 0.2) is 59.6 Å². The molecule has 7 nitrogen and oxygen atoms in total. The summed E-state index contributed by atoms with van der Waals surface area (Å²) in [5.41, 5.74) is 1.79. The first-order chi connectivity index (χ1) is 14.4. The molecule has 0 bridgehead atoms. The van der Waals surface area contributed by atoms with Crippen LogP contribution in [0.25, 0.3) is 10.9 Å². The summed E-state index contributed by atoms with van der Waals surface area (Å²) in [5, 5.41) is 4.28. The summed E-state index contributed by atoms with van der Waals surface area (Å²) in [6.45, 7) is 5.97. The Morgan fingerprint density at radius 2 is 1.83 bits per heavy atom. The number of ether oxygens (including phenoxy) is 1. The van der Waals surface area contributed by atoms with E-state index >= 15 is 0 Å². The average Bonchev–Trinajstić information content (AvgIpc) is 2.72. The Hall–Kier alpha value is -2.84. The molecule has 0 saturated carbocycles. The zero-order valence-electron chi connectivity index (χ0n) is 17.3. The van der Waals surface area contributed by atoms with Crippen molar-refractivity contribution in [3.63, 3.8) is 0 Å². The van der Waals surface area contributed by atoms with E-state index in [2.05, 4.69) is 33.8 Å². The van der Waals surface area contributed by atoms with E-state index in [0.29, 0.717) is 29.0 Å². The summed E-state index contributed by atoms with van der Waals surface area (Å²) in [6, 6.07) is 15.0. The number of anilines is 2. The Labute approximate surface area is 177 Å². The number of fused-ring (bicyclic) bond motifs is 1. The molecule has 1 aliphatic rings. The van der Waals surface area contributed by atoms with Crippen molar-refractivity contribution in [2.45, 2.75) is 30.8 Å². The van der Waals surface area contributed by atoms with Gasteiger partial charge in [0.1, 0.15) is 10.6 Å². The minimum Gasteiger partial charge on any atom is -0.495 e. The van der Waals surface area contributed by atoms with Gasteiger partial charge in [-0.25, -0.2) is 8.42 Å². The van der Waals surface area contributed by atoms with Crippen LogP contribution in [0.1, 0.15) is 13.8 Å². The largest absolute Gasteiger partial charge is 0.495 e. The lowest BCUT2D eigenvalue weighted by Gasteiger charge is -2.38. The van der Waals surface area contributed by atoms with E-state index in [-0.39, 0.29) is 4.90 Å². The SMILES string of the molecule is COc1ccc(N2C[C@@H](C)N[C@@H](C)C2)cc1NS(=O)(=O)c1cccc2cccnc12. The van der Waals surface area contributed by atoms with Gasteiger partial charge in [0, 0.05) is 42.4 Å². The van der Waals surface area contributed by atoms with E-state index in [1.54, 1.807) is 30.5 Å². The summed E-state index contributed by atoms with van der Waals surface area (Å²) in [7, 11) is -2.34. The van der Waals surface area contributed by atoms with E-state index < -0.39 is 10.0 Å². The number of aromatic nitrogens is 1. The predicted octanol–water partition coefficient (Wildman–Crippen LogP) is 3.23. The predicted molar refractivity (Wildman–Crippen MR) is 120 cm³/mol. The van der Waals surface area contributed by atoms with Crippen molar-refractivity contribution >= 4 is 32.3 Å². The second-order valence-electron chi connectivity index (χ2n) is 7.70. The molecular formula is C22H26N4O3S. The van der Waals surface area contributed by atoms with E-state index in [1.807, 2.05) is 24.3 Å². The molecule has 158 valence electrons. The number of rotatable bonds is 5. The van der Waals surface area contributed by atoms with Crippen LogP contribution in [0.4, 0.5) is 11.4 Å². The van der Waals surface area contributed by atoms with Crippen molar-refractivity contribution in [1.82, 2.24) is 10.3 Å². The van der Waals surface area contributed by atoms with Crippen molar-refractivity contribution in [2.75, 3.05) is 29.8 Å². The summed E-state index contributed by atoms with van der Waals surface area (Å²) < 4.78 is 34.6.